The fourth-order valence-corrected chi connectivity index (χ4v) is 1.28. The molecule has 0 bridgehead atoms. The van der Waals surface area contributed by atoms with Crippen molar-refractivity contribution in [1.29, 1.82) is 0 Å². The van der Waals surface area contributed by atoms with Crippen LogP contribution in [0, 0.1) is 6.92 Å². The number of hydrogen-bond donors (Lipinski definition) is 1. The number of nitrogens with two attached hydrogens (primary N) is 1. The molecule has 1 rings (SSSR count). The molecule has 1 heterocycles. The molecule has 1 aromatic rings. The Morgan fingerprint density at radius 3 is 2.62 bits per heavy atom. The third-order valence-corrected chi connectivity index (χ3v) is 1.90. The minimum atomic E-state index is -3.46. The Labute approximate surface area is 76.8 Å². The SMILES string of the molecule is Cc1cc(OS(C)(=O)=O)cc[n+]1N. The van der Waals surface area contributed by atoms with Crippen LogP contribution in [0.2, 0.25) is 0 Å². The molecule has 13 heavy (non-hydrogen) atoms. The van der Waals surface area contributed by atoms with Crippen LogP contribution in [0.1, 0.15) is 5.69 Å². The van der Waals surface area contributed by atoms with Crippen LogP contribution in [0.3, 0.4) is 0 Å². The zero-order valence-corrected chi connectivity index (χ0v) is 8.21. The summed E-state index contributed by atoms with van der Waals surface area (Å²) >= 11 is 0. The summed E-state index contributed by atoms with van der Waals surface area (Å²) in [6.45, 7) is 1.75. The van der Waals surface area contributed by atoms with E-state index in [2.05, 4.69) is 4.18 Å². The molecule has 0 aromatic carbocycles. The van der Waals surface area contributed by atoms with Crippen molar-refractivity contribution in [3.05, 3.63) is 24.0 Å². The molecular weight excluding hydrogens is 192 g/mol. The number of nitrogens with zero attached hydrogens (tertiary/aromatic N) is 1. The summed E-state index contributed by atoms with van der Waals surface area (Å²) in [4.78, 5) is 0. The molecule has 0 aliphatic heterocycles. The van der Waals surface area contributed by atoms with E-state index >= 15 is 0 Å². The number of pyridine rings is 1. The van der Waals surface area contributed by atoms with Gasteiger partial charge in [-0.2, -0.15) is 8.42 Å². The fraction of sp³-hybridized carbons (Fsp3) is 0.286. The average molecular weight is 203 g/mol. The maximum Gasteiger partial charge on any atom is 0.306 e. The molecule has 0 atom stereocenters. The first-order chi connectivity index (χ1) is 5.88. The predicted molar refractivity (Wildman–Crippen MR) is 47.0 cm³/mol. The Kier molecular flexibility index (Phi) is 2.42. The van der Waals surface area contributed by atoms with Gasteiger partial charge < -0.3 is 4.18 Å². The molecule has 0 spiro atoms. The van der Waals surface area contributed by atoms with Gasteiger partial charge in [-0.1, -0.05) is 4.68 Å². The first kappa shape index (κ1) is 9.79. The standard InChI is InChI=1S/C7H11N2O3S/c1-6-5-7(3-4-9(6)8)12-13(2,10)11/h3-5H,8H2,1-2H3/q+1. The van der Waals surface area contributed by atoms with E-state index in [-0.39, 0.29) is 5.75 Å². The van der Waals surface area contributed by atoms with Crippen molar-refractivity contribution in [3.8, 4) is 5.75 Å². The molecule has 1 aromatic heterocycles. The highest BCUT2D eigenvalue weighted by atomic mass is 32.2. The van der Waals surface area contributed by atoms with Crippen molar-refractivity contribution in [2.45, 2.75) is 6.92 Å². The summed E-state index contributed by atoms with van der Waals surface area (Å²) in [5, 5.41) is 0. The van der Waals surface area contributed by atoms with E-state index in [1.807, 2.05) is 0 Å². The van der Waals surface area contributed by atoms with Crippen LogP contribution in [0.15, 0.2) is 18.3 Å². The Balaban J connectivity index is 2.99. The minimum absolute atomic E-state index is 0.265. The lowest BCUT2D eigenvalue weighted by atomic mass is 10.3. The molecular formula is C7H11N2O3S+. The van der Waals surface area contributed by atoms with Crippen molar-refractivity contribution in [2.75, 3.05) is 12.1 Å². The summed E-state index contributed by atoms with van der Waals surface area (Å²) in [6, 6.07) is 3.02. The van der Waals surface area contributed by atoms with Gasteiger partial charge >= 0.3 is 10.1 Å². The van der Waals surface area contributed by atoms with Gasteiger partial charge in [-0.25, -0.2) is 5.84 Å². The summed E-state index contributed by atoms with van der Waals surface area (Å²) < 4.78 is 27.5. The van der Waals surface area contributed by atoms with Crippen LogP contribution in [0.5, 0.6) is 5.75 Å². The van der Waals surface area contributed by atoms with Gasteiger partial charge in [-0.3, -0.25) is 0 Å². The summed E-state index contributed by atoms with van der Waals surface area (Å²) in [6.07, 6.45) is 2.52. The molecule has 6 heteroatoms. The quantitative estimate of drug-likeness (QED) is 0.393. The third-order valence-electron chi connectivity index (χ3n) is 1.41. The minimum Gasteiger partial charge on any atom is -0.382 e. The van der Waals surface area contributed by atoms with Crippen molar-refractivity contribution in [3.63, 3.8) is 0 Å². The summed E-state index contributed by atoms with van der Waals surface area (Å²) in [7, 11) is -3.46. The van der Waals surface area contributed by atoms with Crippen molar-refractivity contribution < 1.29 is 17.3 Å². The second kappa shape index (κ2) is 3.21. The smallest absolute Gasteiger partial charge is 0.306 e. The monoisotopic (exact) mass is 203 g/mol. The second-order valence-corrected chi connectivity index (χ2v) is 4.27. The van der Waals surface area contributed by atoms with Crippen LogP contribution < -0.4 is 14.7 Å². The maximum atomic E-state index is 10.7. The average Bonchev–Trinajstić information content (AvgIpc) is 1.94. The Morgan fingerprint density at radius 1 is 1.54 bits per heavy atom. The lowest BCUT2D eigenvalue weighted by Gasteiger charge is -2.01. The molecule has 2 N–H and O–H groups in total. The van der Waals surface area contributed by atoms with Crippen molar-refractivity contribution in [1.82, 2.24) is 0 Å². The van der Waals surface area contributed by atoms with E-state index in [0.29, 0.717) is 5.69 Å². The van der Waals surface area contributed by atoms with Crippen molar-refractivity contribution >= 4 is 10.1 Å². The molecule has 0 aliphatic carbocycles. The zero-order valence-electron chi connectivity index (χ0n) is 7.39. The molecule has 0 saturated heterocycles. The summed E-state index contributed by atoms with van der Waals surface area (Å²) in [5.41, 5.74) is 0.709. The normalized spacial score (nSPS) is 11.2. The molecule has 0 aliphatic rings. The number of aryl methyl sites for hydroxylation is 1. The lowest BCUT2D eigenvalue weighted by Crippen LogP contribution is -2.46. The van der Waals surface area contributed by atoms with Crippen LogP contribution in [0.25, 0.3) is 0 Å². The van der Waals surface area contributed by atoms with Crippen LogP contribution in [-0.2, 0) is 10.1 Å². The number of hydrogen-bond acceptors (Lipinski definition) is 4. The Hall–Kier alpha value is -1.30. The first-order valence-electron chi connectivity index (χ1n) is 3.55. The van der Waals surface area contributed by atoms with E-state index in [1.165, 1.54) is 16.9 Å². The van der Waals surface area contributed by atoms with Gasteiger partial charge in [0.25, 0.3) is 0 Å². The molecule has 0 fully saturated rings. The maximum absolute atomic E-state index is 10.7. The van der Waals surface area contributed by atoms with Crippen LogP contribution >= 0.6 is 0 Å². The van der Waals surface area contributed by atoms with Gasteiger partial charge in [0.15, 0.2) is 5.75 Å². The first-order valence-corrected chi connectivity index (χ1v) is 5.37. The van der Waals surface area contributed by atoms with E-state index in [9.17, 15) is 8.42 Å². The lowest BCUT2D eigenvalue weighted by molar-refractivity contribution is -0.645. The molecule has 0 unspecified atom stereocenters. The largest absolute Gasteiger partial charge is 0.382 e. The van der Waals surface area contributed by atoms with Crippen molar-refractivity contribution in [2.24, 2.45) is 0 Å². The van der Waals surface area contributed by atoms with Gasteiger partial charge in [0, 0.05) is 13.0 Å². The van der Waals surface area contributed by atoms with Gasteiger partial charge in [0.05, 0.1) is 12.3 Å². The Bertz CT molecular complexity index is 414. The topological polar surface area (TPSA) is 73.3 Å². The highest BCUT2D eigenvalue weighted by Crippen LogP contribution is 2.10. The Morgan fingerprint density at radius 2 is 2.15 bits per heavy atom. The fourth-order valence-electron chi connectivity index (χ4n) is 0.826. The number of nitrogen functional groups attached to an aromatic ring is 1. The molecule has 5 nitrogen and oxygen atoms in total. The van der Waals surface area contributed by atoms with Gasteiger partial charge in [0.1, 0.15) is 0 Å². The second-order valence-electron chi connectivity index (χ2n) is 2.70. The zero-order chi connectivity index (χ0) is 10.1. The molecule has 0 saturated carbocycles. The van der Waals surface area contributed by atoms with Crippen LogP contribution in [0.4, 0.5) is 0 Å². The highest BCUT2D eigenvalue weighted by molar-refractivity contribution is 7.86. The van der Waals surface area contributed by atoms with Gasteiger partial charge in [-0.15, -0.1) is 0 Å². The van der Waals surface area contributed by atoms with Crippen LogP contribution in [-0.4, -0.2) is 14.7 Å². The molecule has 0 amide bonds. The predicted octanol–water partition coefficient (Wildman–Crippen LogP) is -0.665. The number of rotatable bonds is 2. The van der Waals surface area contributed by atoms with E-state index in [4.69, 9.17) is 5.84 Å². The molecule has 0 radical (unpaired) electrons. The van der Waals surface area contributed by atoms with E-state index < -0.39 is 10.1 Å². The number of aromatic nitrogens is 1. The summed E-state index contributed by atoms with van der Waals surface area (Å²) in [5.74, 6) is 5.73. The van der Waals surface area contributed by atoms with Gasteiger partial charge in [-0.05, 0) is 0 Å². The third kappa shape index (κ3) is 2.90. The van der Waals surface area contributed by atoms with Gasteiger partial charge in [0.2, 0.25) is 11.9 Å². The molecule has 72 valence electrons. The van der Waals surface area contributed by atoms with E-state index in [1.54, 1.807) is 13.0 Å². The highest BCUT2D eigenvalue weighted by Gasteiger charge is 2.08. The van der Waals surface area contributed by atoms with E-state index in [0.717, 1.165) is 6.26 Å².